The lowest BCUT2D eigenvalue weighted by Crippen LogP contribution is -2.15. The number of halogens is 2. The zero-order chi connectivity index (χ0) is 10.7. The normalized spacial score (nSPS) is 12.6. The van der Waals surface area contributed by atoms with Gasteiger partial charge in [-0.1, -0.05) is 0 Å². The molecule has 2 N–H and O–H groups in total. The third kappa shape index (κ3) is 2.83. The van der Waals surface area contributed by atoms with E-state index >= 15 is 0 Å². The number of esters is 1. The van der Waals surface area contributed by atoms with Crippen LogP contribution < -0.4 is 5.73 Å². The van der Waals surface area contributed by atoms with Gasteiger partial charge in [0, 0.05) is 0 Å². The minimum absolute atomic E-state index is 0.100. The number of nitrogens with two attached hydrogens (primary N) is 1. The smallest absolute Gasteiger partial charge is 0.307 e. The van der Waals surface area contributed by atoms with Gasteiger partial charge in [0.25, 0.3) is 0 Å². The number of carbonyl (C=O) groups excluding carboxylic acids is 1. The predicted molar refractivity (Wildman–Crippen MR) is 57.7 cm³/mol. The topological polar surface area (TPSA) is 65.5 Å². The van der Waals surface area contributed by atoms with Crippen LogP contribution in [0.5, 0.6) is 0 Å². The van der Waals surface area contributed by atoms with Gasteiger partial charge >= 0.3 is 5.97 Å². The van der Waals surface area contributed by atoms with E-state index in [2.05, 4.69) is 36.6 Å². The van der Waals surface area contributed by atoms with Gasteiger partial charge in [-0.3, -0.25) is 4.79 Å². The minimum atomic E-state index is -0.481. The first-order chi connectivity index (χ1) is 6.54. The highest BCUT2D eigenvalue weighted by Gasteiger charge is 2.17. The molecule has 0 saturated heterocycles. The van der Waals surface area contributed by atoms with E-state index in [9.17, 15) is 4.79 Å². The van der Waals surface area contributed by atoms with Crippen molar-refractivity contribution >= 4 is 37.8 Å². The second-order valence-electron chi connectivity index (χ2n) is 2.66. The average Bonchev–Trinajstić information content (AvgIpc) is 2.47. The number of methoxy groups -OCH3 is 1. The van der Waals surface area contributed by atoms with Crippen molar-refractivity contribution in [3.05, 3.63) is 21.0 Å². The Morgan fingerprint density at radius 1 is 1.71 bits per heavy atom. The third-order valence-corrected chi connectivity index (χ3v) is 3.35. The Kier molecular flexibility index (Phi) is 4.15. The molecule has 0 aliphatic carbocycles. The Morgan fingerprint density at radius 2 is 2.36 bits per heavy atom. The van der Waals surface area contributed by atoms with Crippen molar-refractivity contribution in [3.8, 4) is 0 Å². The first kappa shape index (κ1) is 11.7. The fourth-order valence-electron chi connectivity index (χ4n) is 0.910. The van der Waals surface area contributed by atoms with Crippen LogP contribution in [0.3, 0.4) is 0 Å². The molecule has 0 aliphatic heterocycles. The van der Waals surface area contributed by atoms with E-state index in [0.717, 1.165) is 4.47 Å². The van der Waals surface area contributed by atoms with Crippen LogP contribution in [0.2, 0.25) is 0 Å². The molecule has 0 saturated carbocycles. The van der Waals surface area contributed by atoms with E-state index < -0.39 is 6.04 Å². The molecule has 1 atom stereocenters. The van der Waals surface area contributed by atoms with Gasteiger partial charge in [0.05, 0.1) is 24.0 Å². The highest BCUT2D eigenvalue weighted by Crippen LogP contribution is 2.30. The van der Waals surface area contributed by atoms with Crippen LogP contribution in [0.1, 0.15) is 18.2 Å². The van der Waals surface area contributed by atoms with Crippen LogP contribution in [0, 0.1) is 0 Å². The van der Waals surface area contributed by atoms with Gasteiger partial charge in [-0.15, -0.1) is 0 Å². The number of hydrogen-bond acceptors (Lipinski definition) is 4. The third-order valence-electron chi connectivity index (χ3n) is 1.64. The van der Waals surface area contributed by atoms with E-state index in [1.165, 1.54) is 7.11 Å². The maximum Gasteiger partial charge on any atom is 0.307 e. The van der Waals surface area contributed by atoms with Crippen LogP contribution in [0.4, 0.5) is 0 Å². The molecular formula is C8H9Br2NO3. The van der Waals surface area contributed by atoms with E-state index in [4.69, 9.17) is 10.2 Å². The van der Waals surface area contributed by atoms with Crippen molar-refractivity contribution < 1.29 is 13.9 Å². The largest absolute Gasteiger partial charge is 0.469 e. The van der Waals surface area contributed by atoms with Crippen molar-refractivity contribution in [2.75, 3.05) is 7.11 Å². The quantitative estimate of drug-likeness (QED) is 0.866. The molecular weight excluding hydrogens is 318 g/mol. The minimum Gasteiger partial charge on any atom is -0.469 e. The molecule has 0 fully saturated rings. The lowest BCUT2D eigenvalue weighted by Gasteiger charge is -2.05. The summed E-state index contributed by atoms with van der Waals surface area (Å²) < 4.78 is 11.1. The maximum absolute atomic E-state index is 10.9. The van der Waals surface area contributed by atoms with Crippen molar-refractivity contribution in [1.82, 2.24) is 0 Å². The molecule has 0 amide bonds. The first-order valence-corrected chi connectivity index (χ1v) is 5.40. The number of ether oxygens (including phenoxy) is 1. The van der Waals surface area contributed by atoms with E-state index in [1.54, 1.807) is 6.07 Å². The monoisotopic (exact) mass is 325 g/mol. The van der Waals surface area contributed by atoms with E-state index in [0.29, 0.717) is 10.4 Å². The van der Waals surface area contributed by atoms with Crippen molar-refractivity contribution in [1.29, 1.82) is 0 Å². The highest BCUT2D eigenvalue weighted by molar-refractivity contribution is 9.13. The summed E-state index contributed by atoms with van der Waals surface area (Å²) in [6, 6.07) is 1.24. The summed E-state index contributed by atoms with van der Waals surface area (Å²) in [7, 11) is 1.32. The van der Waals surface area contributed by atoms with Gasteiger partial charge in [0.2, 0.25) is 0 Å². The molecule has 1 aromatic heterocycles. The average molecular weight is 327 g/mol. The van der Waals surface area contributed by atoms with Crippen LogP contribution in [-0.4, -0.2) is 13.1 Å². The molecule has 0 radical (unpaired) electrons. The lowest BCUT2D eigenvalue weighted by atomic mass is 10.2. The van der Waals surface area contributed by atoms with E-state index in [1.807, 2.05) is 0 Å². The molecule has 0 spiro atoms. The molecule has 1 heterocycles. The van der Waals surface area contributed by atoms with Crippen LogP contribution in [0.25, 0.3) is 0 Å². The second-order valence-corrected chi connectivity index (χ2v) is 4.23. The summed E-state index contributed by atoms with van der Waals surface area (Å²) >= 11 is 6.44. The van der Waals surface area contributed by atoms with Crippen molar-refractivity contribution in [3.63, 3.8) is 0 Å². The van der Waals surface area contributed by atoms with E-state index in [-0.39, 0.29) is 12.4 Å². The summed E-state index contributed by atoms with van der Waals surface area (Å²) in [5.41, 5.74) is 5.72. The Balaban J connectivity index is 2.69. The van der Waals surface area contributed by atoms with Gasteiger partial charge in [-0.05, 0) is 37.9 Å². The Labute approximate surface area is 98.0 Å². The summed E-state index contributed by atoms with van der Waals surface area (Å²) in [4.78, 5) is 10.9. The molecule has 1 aromatic rings. The zero-order valence-corrected chi connectivity index (χ0v) is 10.6. The van der Waals surface area contributed by atoms with Crippen LogP contribution in [-0.2, 0) is 9.53 Å². The summed E-state index contributed by atoms with van der Waals surface area (Å²) in [5.74, 6) is 0.176. The SMILES string of the molecule is COC(=O)CC(N)c1cc(Br)c(Br)o1. The molecule has 1 unspecified atom stereocenters. The van der Waals surface area contributed by atoms with Gasteiger partial charge in [-0.25, -0.2) is 0 Å². The van der Waals surface area contributed by atoms with Crippen molar-refractivity contribution in [2.24, 2.45) is 5.73 Å². The second kappa shape index (κ2) is 4.95. The number of carbonyl (C=O) groups is 1. The molecule has 0 aromatic carbocycles. The maximum atomic E-state index is 10.9. The van der Waals surface area contributed by atoms with Crippen LogP contribution >= 0.6 is 31.9 Å². The molecule has 1 rings (SSSR count). The summed E-state index contributed by atoms with van der Waals surface area (Å²) in [6.07, 6.45) is 0.100. The highest BCUT2D eigenvalue weighted by atomic mass is 79.9. The Hall–Kier alpha value is -0.330. The zero-order valence-electron chi connectivity index (χ0n) is 7.42. The molecule has 14 heavy (non-hydrogen) atoms. The molecule has 4 nitrogen and oxygen atoms in total. The lowest BCUT2D eigenvalue weighted by molar-refractivity contribution is -0.141. The fourth-order valence-corrected chi connectivity index (χ4v) is 1.52. The Bertz CT molecular complexity index is 318. The summed E-state index contributed by atoms with van der Waals surface area (Å²) in [6.45, 7) is 0. The van der Waals surface area contributed by atoms with Crippen molar-refractivity contribution in [2.45, 2.75) is 12.5 Å². The molecule has 0 bridgehead atoms. The Morgan fingerprint density at radius 3 is 2.79 bits per heavy atom. The predicted octanol–water partition coefficient (Wildman–Crippen LogP) is 2.37. The molecule has 6 heteroatoms. The van der Waals surface area contributed by atoms with Gasteiger partial charge in [-0.2, -0.15) is 0 Å². The first-order valence-electron chi connectivity index (χ1n) is 3.81. The number of rotatable bonds is 3. The van der Waals surface area contributed by atoms with Gasteiger partial charge in [0.1, 0.15) is 5.76 Å². The van der Waals surface area contributed by atoms with Crippen LogP contribution in [0.15, 0.2) is 19.6 Å². The summed E-state index contributed by atoms with van der Waals surface area (Å²) in [5, 5.41) is 0. The number of furan rings is 1. The van der Waals surface area contributed by atoms with Gasteiger partial charge in [0.15, 0.2) is 4.67 Å². The number of hydrogen-bond donors (Lipinski definition) is 1. The standard InChI is InChI=1S/C8H9Br2NO3/c1-13-7(12)3-5(11)6-2-4(9)8(10)14-6/h2,5H,3,11H2,1H3. The van der Waals surface area contributed by atoms with Gasteiger partial charge < -0.3 is 14.9 Å². The molecule has 78 valence electrons. The fraction of sp³-hybridized carbons (Fsp3) is 0.375. The molecule has 0 aliphatic rings.